The van der Waals surface area contributed by atoms with Crippen molar-refractivity contribution in [1.82, 2.24) is 10.6 Å². The molecule has 0 spiro atoms. The number of alkyl carbamates (subject to hydrolysis) is 1. The van der Waals surface area contributed by atoms with Crippen LogP contribution in [0, 0.1) is 0 Å². The van der Waals surface area contributed by atoms with E-state index in [1.165, 1.54) is 5.56 Å². The van der Waals surface area contributed by atoms with E-state index in [1.807, 2.05) is 52.0 Å². The number of benzene rings is 2. The zero-order chi connectivity index (χ0) is 29.6. The first-order valence-electron chi connectivity index (χ1n) is 13.9. The maximum absolute atomic E-state index is 13.7. The minimum atomic E-state index is -1.15. The summed E-state index contributed by atoms with van der Waals surface area (Å²) in [6.07, 6.45) is 1.16. The van der Waals surface area contributed by atoms with Crippen LogP contribution in [0.4, 0.5) is 4.79 Å². The van der Waals surface area contributed by atoms with Crippen LogP contribution in [0.25, 0.3) is 0 Å². The summed E-state index contributed by atoms with van der Waals surface area (Å²) >= 11 is 0. The van der Waals surface area contributed by atoms with E-state index >= 15 is 0 Å². The number of carbonyl (C=O) groups is 3. The van der Waals surface area contributed by atoms with Crippen LogP contribution in [-0.4, -0.2) is 53.7 Å². The fourth-order valence-corrected chi connectivity index (χ4v) is 4.37. The number of hydrogen-bond acceptors (Lipinski definition) is 6. The van der Waals surface area contributed by atoms with Gasteiger partial charge in [0.2, 0.25) is 5.91 Å². The average Bonchev–Trinajstić information content (AvgIpc) is 3.09. The Kier molecular flexibility index (Phi) is 10.2. The van der Waals surface area contributed by atoms with Gasteiger partial charge in [-0.05, 0) is 73.3 Å². The van der Waals surface area contributed by atoms with Crippen LogP contribution in [0.1, 0.15) is 83.7 Å². The second kappa shape index (κ2) is 13.0. The van der Waals surface area contributed by atoms with Crippen LogP contribution in [0.2, 0.25) is 0 Å². The van der Waals surface area contributed by atoms with Crippen molar-refractivity contribution in [1.29, 1.82) is 0 Å². The minimum absolute atomic E-state index is 0.227. The Morgan fingerprint density at radius 2 is 1.43 bits per heavy atom. The fourth-order valence-electron chi connectivity index (χ4n) is 4.37. The Morgan fingerprint density at radius 3 is 1.98 bits per heavy atom. The molecule has 1 heterocycles. The summed E-state index contributed by atoms with van der Waals surface area (Å²) in [6.45, 7) is 13.0. The van der Waals surface area contributed by atoms with E-state index in [1.54, 1.807) is 45.0 Å². The highest BCUT2D eigenvalue weighted by Gasteiger charge is 2.54. The van der Waals surface area contributed by atoms with Crippen molar-refractivity contribution in [2.24, 2.45) is 0 Å². The zero-order valence-corrected chi connectivity index (χ0v) is 24.8. The summed E-state index contributed by atoms with van der Waals surface area (Å²) in [6, 6.07) is 17.6. The van der Waals surface area contributed by atoms with Gasteiger partial charge in [-0.2, -0.15) is 0 Å². The van der Waals surface area contributed by atoms with Gasteiger partial charge in [0.1, 0.15) is 11.6 Å². The topological polar surface area (TPSA) is 103 Å². The van der Waals surface area contributed by atoms with E-state index in [0.29, 0.717) is 12.0 Å². The van der Waals surface area contributed by atoms with Crippen molar-refractivity contribution in [2.45, 2.75) is 103 Å². The van der Waals surface area contributed by atoms with E-state index in [2.05, 4.69) is 22.8 Å². The number of nitrogens with one attached hydrogen (secondary N) is 2. The van der Waals surface area contributed by atoms with E-state index in [9.17, 15) is 14.4 Å². The molecule has 9 heteroatoms. The summed E-state index contributed by atoms with van der Waals surface area (Å²) in [5.41, 5.74) is -0.289. The lowest BCUT2D eigenvalue weighted by molar-refractivity contribution is -0.123. The summed E-state index contributed by atoms with van der Waals surface area (Å²) in [7, 11) is -0.697. The monoisotopic (exact) mass is 550 g/mol. The van der Waals surface area contributed by atoms with Crippen molar-refractivity contribution < 1.29 is 28.4 Å². The molecule has 0 aliphatic carbocycles. The normalized spacial score (nSPS) is 17.5. The molecular weight excluding hydrogens is 507 g/mol. The largest absolute Gasteiger partial charge is 0.481 e. The van der Waals surface area contributed by atoms with Gasteiger partial charge in [0.25, 0.3) is 0 Å². The van der Waals surface area contributed by atoms with Crippen LogP contribution >= 0.6 is 0 Å². The number of aryl methyl sites for hydroxylation is 1. The zero-order valence-electron chi connectivity index (χ0n) is 24.8. The van der Waals surface area contributed by atoms with Crippen molar-refractivity contribution >= 4 is 24.9 Å². The number of ketones is 1. The Hall–Kier alpha value is -3.17. The number of rotatable bonds is 11. The van der Waals surface area contributed by atoms with Gasteiger partial charge in [-0.15, -0.1) is 0 Å². The Balaban J connectivity index is 1.79. The van der Waals surface area contributed by atoms with Crippen LogP contribution in [0.3, 0.4) is 0 Å². The quantitative estimate of drug-likeness (QED) is 0.291. The first kappa shape index (κ1) is 31.4. The molecule has 0 bridgehead atoms. The lowest BCUT2D eigenvalue weighted by atomic mass is 9.75. The van der Waals surface area contributed by atoms with Gasteiger partial charge in [-0.3, -0.25) is 9.59 Å². The number of ether oxygens (including phenoxy) is 1. The molecule has 0 saturated carbocycles. The van der Waals surface area contributed by atoms with Gasteiger partial charge < -0.3 is 24.7 Å². The molecule has 1 fully saturated rings. The summed E-state index contributed by atoms with van der Waals surface area (Å²) < 4.78 is 18.0. The van der Waals surface area contributed by atoms with Crippen LogP contribution in [0.15, 0.2) is 60.7 Å². The lowest BCUT2D eigenvalue weighted by Crippen LogP contribution is -2.55. The van der Waals surface area contributed by atoms with Crippen molar-refractivity contribution in [2.75, 3.05) is 0 Å². The molecular formula is C31H43BN2O6. The first-order valence-corrected chi connectivity index (χ1v) is 13.9. The molecule has 3 rings (SSSR count). The lowest BCUT2D eigenvalue weighted by Gasteiger charge is -2.32. The molecule has 2 N–H and O–H groups in total. The predicted octanol–water partition coefficient (Wildman–Crippen LogP) is 5.29. The highest BCUT2D eigenvalue weighted by atomic mass is 16.7. The van der Waals surface area contributed by atoms with Crippen molar-refractivity contribution in [3.8, 4) is 0 Å². The fraction of sp³-hybridized carbons (Fsp3) is 0.516. The van der Waals surface area contributed by atoms with E-state index in [0.717, 1.165) is 12.8 Å². The summed E-state index contributed by atoms with van der Waals surface area (Å²) in [4.78, 5) is 39.4. The number of amides is 2. The maximum Gasteiger partial charge on any atom is 0.481 e. The Labute approximate surface area is 238 Å². The van der Waals surface area contributed by atoms with E-state index < -0.39 is 47.9 Å². The third-order valence-corrected chi connectivity index (χ3v) is 7.24. The van der Waals surface area contributed by atoms with Crippen LogP contribution in [0.5, 0.6) is 0 Å². The van der Waals surface area contributed by atoms with Crippen LogP contribution < -0.4 is 10.6 Å². The smallest absolute Gasteiger partial charge is 0.444 e. The predicted molar refractivity (Wildman–Crippen MR) is 156 cm³/mol. The molecule has 2 atom stereocenters. The SMILES string of the molecule is CC(C)(C)OC(=O)NC(CC(=O)c1ccccc1)C(=O)N[C@@H](CCCc1ccccc1)B1OC(C)(C)C(C)(C)O1. The highest BCUT2D eigenvalue weighted by Crippen LogP contribution is 2.38. The van der Waals surface area contributed by atoms with Crippen molar-refractivity contribution in [3.05, 3.63) is 71.8 Å². The number of hydrogen-bond donors (Lipinski definition) is 2. The van der Waals surface area contributed by atoms with Gasteiger partial charge in [0.05, 0.1) is 17.1 Å². The average molecular weight is 551 g/mol. The molecule has 1 unspecified atom stereocenters. The molecule has 2 aromatic rings. The highest BCUT2D eigenvalue weighted by molar-refractivity contribution is 6.48. The van der Waals surface area contributed by atoms with Gasteiger partial charge >= 0.3 is 13.2 Å². The summed E-state index contributed by atoms with van der Waals surface area (Å²) in [5.74, 6) is -1.28. The molecule has 1 saturated heterocycles. The molecule has 2 aromatic carbocycles. The summed E-state index contributed by atoms with van der Waals surface area (Å²) in [5, 5.41) is 5.64. The third kappa shape index (κ3) is 8.93. The van der Waals surface area contributed by atoms with E-state index in [4.69, 9.17) is 14.0 Å². The van der Waals surface area contributed by atoms with Crippen molar-refractivity contribution in [3.63, 3.8) is 0 Å². The van der Waals surface area contributed by atoms with Gasteiger partial charge in [0, 0.05) is 12.0 Å². The molecule has 216 valence electrons. The second-order valence-electron chi connectivity index (χ2n) is 12.3. The third-order valence-electron chi connectivity index (χ3n) is 7.24. The first-order chi connectivity index (χ1) is 18.7. The maximum atomic E-state index is 13.7. The molecule has 1 aliphatic rings. The number of Topliss-reactive ketones (excluding diaryl/α,β-unsaturated/α-hetero) is 1. The molecule has 0 radical (unpaired) electrons. The molecule has 8 nitrogen and oxygen atoms in total. The molecule has 40 heavy (non-hydrogen) atoms. The second-order valence-corrected chi connectivity index (χ2v) is 12.3. The Bertz CT molecular complexity index is 1130. The minimum Gasteiger partial charge on any atom is -0.444 e. The Morgan fingerprint density at radius 1 is 0.875 bits per heavy atom. The van der Waals surface area contributed by atoms with E-state index in [-0.39, 0.29) is 12.2 Å². The van der Waals surface area contributed by atoms with Gasteiger partial charge in [-0.1, -0.05) is 60.7 Å². The van der Waals surface area contributed by atoms with Gasteiger partial charge in [0.15, 0.2) is 5.78 Å². The standard InChI is InChI=1S/C31H43BN2O6/c1-29(2,3)38-28(37)33-24(21-25(35)23-18-12-9-13-19-23)27(36)34-26(20-14-17-22-15-10-8-11-16-22)32-39-30(4,5)31(6,7)40-32/h8-13,15-16,18-19,24,26H,14,17,20-21H2,1-7H3,(H,33,37)(H,34,36)/t24?,26-/m0/s1. The van der Waals surface area contributed by atoms with Gasteiger partial charge in [-0.25, -0.2) is 4.79 Å². The molecule has 2 amide bonds. The molecule has 0 aromatic heterocycles. The number of carbonyl (C=O) groups excluding carboxylic acids is 3. The molecule has 1 aliphatic heterocycles. The van der Waals surface area contributed by atoms with Crippen LogP contribution in [-0.2, 0) is 25.3 Å².